The lowest BCUT2D eigenvalue weighted by Gasteiger charge is -2.30. The zero-order valence-electron chi connectivity index (χ0n) is 30.2. The van der Waals surface area contributed by atoms with Crippen molar-refractivity contribution in [3.63, 3.8) is 0 Å². The minimum Gasteiger partial charge on any atom is -0.248 e. The third kappa shape index (κ3) is 4.90. The van der Waals surface area contributed by atoms with Crippen LogP contribution < -0.4 is 0 Å². The Bertz CT molecular complexity index is 2820. The molecular formula is C54H35N. The first-order valence-corrected chi connectivity index (χ1v) is 19.0. The van der Waals surface area contributed by atoms with Gasteiger partial charge in [-0.2, -0.15) is 0 Å². The summed E-state index contributed by atoms with van der Waals surface area (Å²) in [7, 11) is 0. The van der Waals surface area contributed by atoms with Crippen molar-refractivity contribution in [1.29, 1.82) is 0 Å². The first-order chi connectivity index (χ1) is 27.3. The third-order valence-corrected chi connectivity index (χ3v) is 11.7. The van der Waals surface area contributed by atoms with Crippen molar-refractivity contribution in [1.82, 2.24) is 4.98 Å². The maximum absolute atomic E-state index is 5.11. The number of hydrogen-bond acceptors (Lipinski definition) is 1. The molecule has 0 atom stereocenters. The molecule has 1 heterocycles. The van der Waals surface area contributed by atoms with Crippen molar-refractivity contribution in [2.45, 2.75) is 5.41 Å². The van der Waals surface area contributed by atoms with E-state index in [1.165, 1.54) is 66.8 Å². The standard InChI is InChI=1S/C54H35N/c1-3-15-36(16-4-1)52-34-43(35-53(55-52)37-17-5-2-6-18-37)41-22-14-20-39(32-41)38-19-13-21-40(31-38)42-29-30-51-47(33-42)46-25-9-12-28-50(46)54(51)48-26-10-7-23-44(48)45-24-8-11-27-49(45)54/h1-35H. The molecule has 2 aliphatic rings. The van der Waals surface area contributed by atoms with Gasteiger partial charge in [0, 0.05) is 11.1 Å². The molecule has 1 aromatic heterocycles. The van der Waals surface area contributed by atoms with Gasteiger partial charge in [-0.05, 0) is 108 Å². The molecule has 0 saturated heterocycles. The second-order valence-electron chi connectivity index (χ2n) is 14.7. The van der Waals surface area contributed by atoms with E-state index in [1.807, 2.05) is 0 Å². The smallest absolute Gasteiger partial charge is 0.0725 e. The fourth-order valence-electron chi connectivity index (χ4n) is 9.25. The summed E-state index contributed by atoms with van der Waals surface area (Å²) in [6.45, 7) is 0. The largest absolute Gasteiger partial charge is 0.248 e. The quantitative estimate of drug-likeness (QED) is 0.174. The van der Waals surface area contributed by atoms with E-state index < -0.39 is 0 Å². The number of benzene rings is 8. The second-order valence-corrected chi connectivity index (χ2v) is 14.7. The van der Waals surface area contributed by atoms with E-state index in [9.17, 15) is 0 Å². The average Bonchev–Trinajstić information content (AvgIpc) is 3.74. The van der Waals surface area contributed by atoms with Gasteiger partial charge in [0.25, 0.3) is 0 Å². The normalized spacial score (nSPS) is 12.9. The lowest BCUT2D eigenvalue weighted by molar-refractivity contribution is 0.794. The van der Waals surface area contributed by atoms with Crippen LogP contribution in [0.4, 0.5) is 0 Å². The lowest BCUT2D eigenvalue weighted by Crippen LogP contribution is -2.25. The third-order valence-electron chi connectivity index (χ3n) is 11.7. The monoisotopic (exact) mass is 697 g/mol. The van der Waals surface area contributed by atoms with Crippen LogP contribution in [0.2, 0.25) is 0 Å². The van der Waals surface area contributed by atoms with Crippen molar-refractivity contribution in [2.24, 2.45) is 0 Å². The molecule has 2 aliphatic carbocycles. The van der Waals surface area contributed by atoms with Gasteiger partial charge in [-0.15, -0.1) is 0 Å². The molecular weight excluding hydrogens is 663 g/mol. The predicted octanol–water partition coefficient (Wildman–Crippen LogP) is 13.8. The Morgan fingerprint density at radius 3 is 1.09 bits per heavy atom. The highest BCUT2D eigenvalue weighted by Gasteiger charge is 2.51. The summed E-state index contributed by atoms with van der Waals surface area (Å²) in [6.07, 6.45) is 0. The van der Waals surface area contributed by atoms with E-state index >= 15 is 0 Å². The molecule has 1 heteroatoms. The molecule has 55 heavy (non-hydrogen) atoms. The van der Waals surface area contributed by atoms with Crippen LogP contribution in [0.3, 0.4) is 0 Å². The van der Waals surface area contributed by atoms with Gasteiger partial charge in [-0.3, -0.25) is 0 Å². The molecule has 256 valence electrons. The fourth-order valence-corrected chi connectivity index (χ4v) is 9.25. The first kappa shape index (κ1) is 31.4. The Labute approximate surface area is 321 Å². The topological polar surface area (TPSA) is 12.9 Å². The minimum atomic E-state index is -0.326. The van der Waals surface area contributed by atoms with E-state index in [1.54, 1.807) is 0 Å². The lowest BCUT2D eigenvalue weighted by atomic mass is 9.70. The minimum absolute atomic E-state index is 0.326. The molecule has 1 spiro atoms. The molecule has 9 aromatic rings. The highest BCUT2D eigenvalue weighted by atomic mass is 14.7. The average molecular weight is 698 g/mol. The van der Waals surface area contributed by atoms with Gasteiger partial charge in [-0.1, -0.05) is 182 Å². The number of aromatic nitrogens is 1. The number of rotatable bonds is 5. The first-order valence-electron chi connectivity index (χ1n) is 19.0. The number of pyridine rings is 1. The number of fused-ring (bicyclic) bond motifs is 10. The van der Waals surface area contributed by atoms with E-state index in [0.717, 1.165) is 33.6 Å². The fraction of sp³-hybridized carbons (Fsp3) is 0.0185. The van der Waals surface area contributed by atoms with Crippen LogP contribution in [0.15, 0.2) is 212 Å². The van der Waals surface area contributed by atoms with Gasteiger partial charge in [-0.25, -0.2) is 4.98 Å². The summed E-state index contributed by atoms with van der Waals surface area (Å²) in [5.74, 6) is 0. The van der Waals surface area contributed by atoms with E-state index in [0.29, 0.717) is 0 Å². The van der Waals surface area contributed by atoms with Crippen molar-refractivity contribution in [3.8, 4) is 78.1 Å². The molecule has 0 bridgehead atoms. The summed E-state index contributed by atoms with van der Waals surface area (Å²) in [4.78, 5) is 5.11. The van der Waals surface area contributed by atoms with Crippen LogP contribution in [-0.2, 0) is 5.41 Å². The van der Waals surface area contributed by atoms with E-state index in [-0.39, 0.29) is 5.41 Å². The Balaban J connectivity index is 1.01. The van der Waals surface area contributed by atoms with Crippen LogP contribution in [0.1, 0.15) is 22.3 Å². The highest BCUT2D eigenvalue weighted by Crippen LogP contribution is 2.62. The molecule has 0 saturated carbocycles. The summed E-state index contributed by atoms with van der Waals surface area (Å²) in [5.41, 5.74) is 21.7. The number of hydrogen-bond donors (Lipinski definition) is 0. The molecule has 0 fully saturated rings. The predicted molar refractivity (Wildman–Crippen MR) is 228 cm³/mol. The Morgan fingerprint density at radius 1 is 0.236 bits per heavy atom. The molecule has 0 radical (unpaired) electrons. The number of nitrogens with zero attached hydrogens (tertiary/aromatic N) is 1. The zero-order valence-corrected chi connectivity index (χ0v) is 30.2. The molecule has 11 rings (SSSR count). The molecule has 0 N–H and O–H groups in total. The van der Waals surface area contributed by atoms with Crippen molar-refractivity contribution < 1.29 is 0 Å². The molecule has 0 unspecified atom stereocenters. The molecule has 0 aliphatic heterocycles. The maximum atomic E-state index is 5.11. The summed E-state index contributed by atoms with van der Waals surface area (Å²) < 4.78 is 0. The van der Waals surface area contributed by atoms with Crippen LogP contribution >= 0.6 is 0 Å². The van der Waals surface area contributed by atoms with E-state index in [4.69, 9.17) is 4.98 Å². The zero-order chi connectivity index (χ0) is 36.3. The van der Waals surface area contributed by atoms with Crippen LogP contribution in [0.5, 0.6) is 0 Å². The Morgan fingerprint density at radius 2 is 0.600 bits per heavy atom. The van der Waals surface area contributed by atoms with Crippen LogP contribution in [-0.4, -0.2) is 4.98 Å². The Hall–Kier alpha value is -7.09. The van der Waals surface area contributed by atoms with Gasteiger partial charge in [0.2, 0.25) is 0 Å². The summed E-state index contributed by atoms with van der Waals surface area (Å²) in [5, 5.41) is 0. The second kappa shape index (κ2) is 12.5. The van der Waals surface area contributed by atoms with Crippen LogP contribution in [0, 0.1) is 0 Å². The molecule has 1 nitrogen and oxygen atoms in total. The maximum Gasteiger partial charge on any atom is 0.0725 e. The molecule has 0 amide bonds. The van der Waals surface area contributed by atoms with E-state index in [2.05, 4.69) is 212 Å². The highest BCUT2D eigenvalue weighted by molar-refractivity contribution is 5.96. The molecule has 8 aromatic carbocycles. The van der Waals surface area contributed by atoms with Gasteiger partial charge in [0.15, 0.2) is 0 Å². The summed E-state index contributed by atoms with van der Waals surface area (Å²) in [6, 6.07) is 77.4. The van der Waals surface area contributed by atoms with Crippen LogP contribution in [0.25, 0.3) is 78.1 Å². The van der Waals surface area contributed by atoms with Gasteiger partial charge < -0.3 is 0 Å². The van der Waals surface area contributed by atoms with Gasteiger partial charge in [0.1, 0.15) is 0 Å². The van der Waals surface area contributed by atoms with Crippen molar-refractivity contribution in [3.05, 3.63) is 235 Å². The van der Waals surface area contributed by atoms with Crippen molar-refractivity contribution >= 4 is 0 Å². The van der Waals surface area contributed by atoms with Gasteiger partial charge >= 0.3 is 0 Å². The summed E-state index contributed by atoms with van der Waals surface area (Å²) >= 11 is 0. The Kier molecular flexibility index (Phi) is 7.15. The van der Waals surface area contributed by atoms with Gasteiger partial charge in [0.05, 0.1) is 16.8 Å². The SMILES string of the molecule is c1ccc(-c2cc(-c3cccc(-c4cccc(-c5ccc6c(c5)-c5ccccc5C65c6ccccc6-c6ccccc65)c4)c3)cc(-c3ccccc3)n2)cc1. The van der Waals surface area contributed by atoms with Crippen molar-refractivity contribution in [2.75, 3.05) is 0 Å².